The van der Waals surface area contributed by atoms with Crippen molar-refractivity contribution in [2.45, 2.75) is 20.4 Å². The molecule has 18 heavy (non-hydrogen) atoms. The maximum absolute atomic E-state index is 5.51. The Morgan fingerprint density at radius 2 is 2.22 bits per heavy atom. The van der Waals surface area contributed by atoms with Crippen LogP contribution < -0.4 is 5.32 Å². The normalized spacial score (nSPS) is 11.4. The van der Waals surface area contributed by atoms with Crippen LogP contribution in [0.1, 0.15) is 19.5 Å². The van der Waals surface area contributed by atoms with Gasteiger partial charge in [-0.05, 0) is 50.4 Å². The van der Waals surface area contributed by atoms with Gasteiger partial charge < -0.3 is 9.73 Å². The maximum Gasteiger partial charge on any atom is 0.181 e. The van der Waals surface area contributed by atoms with Gasteiger partial charge in [-0.3, -0.25) is 0 Å². The third kappa shape index (κ3) is 3.44. The van der Waals surface area contributed by atoms with Crippen LogP contribution in [0.15, 0.2) is 24.4 Å². The molecule has 0 aliphatic carbocycles. The SMILES string of the molecule is CC(C)CNCc1ncoc1-c1cc(Br)sc1Br. The Morgan fingerprint density at radius 3 is 2.83 bits per heavy atom. The molecular formula is C12H14Br2N2OS. The molecule has 0 spiro atoms. The Kier molecular flexibility index (Phi) is 5.00. The molecule has 2 heterocycles. The quantitative estimate of drug-likeness (QED) is 0.801. The van der Waals surface area contributed by atoms with E-state index in [-0.39, 0.29) is 0 Å². The first-order valence-corrected chi connectivity index (χ1v) is 8.06. The Labute approximate surface area is 127 Å². The average Bonchev–Trinajstić information content (AvgIpc) is 2.84. The van der Waals surface area contributed by atoms with Gasteiger partial charge in [0, 0.05) is 12.1 Å². The number of nitrogens with one attached hydrogen (secondary N) is 1. The van der Waals surface area contributed by atoms with E-state index in [4.69, 9.17) is 4.42 Å². The number of oxazole rings is 1. The lowest BCUT2D eigenvalue weighted by Crippen LogP contribution is -2.19. The van der Waals surface area contributed by atoms with E-state index in [2.05, 4.69) is 56.0 Å². The molecule has 2 aromatic rings. The van der Waals surface area contributed by atoms with Crippen molar-refractivity contribution >= 4 is 43.2 Å². The molecule has 0 atom stereocenters. The lowest BCUT2D eigenvalue weighted by molar-refractivity contribution is 0.545. The summed E-state index contributed by atoms with van der Waals surface area (Å²) < 4.78 is 7.63. The molecule has 0 amide bonds. The van der Waals surface area contributed by atoms with Crippen LogP contribution >= 0.6 is 43.2 Å². The summed E-state index contributed by atoms with van der Waals surface area (Å²) in [7, 11) is 0. The van der Waals surface area contributed by atoms with Crippen LogP contribution in [0.3, 0.4) is 0 Å². The highest BCUT2D eigenvalue weighted by molar-refractivity contribution is 9.12. The number of nitrogens with zero attached hydrogens (tertiary/aromatic N) is 1. The second kappa shape index (κ2) is 6.32. The van der Waals surface area contributed by atoms with Crippen molar-refractivity contribution < 1.29 is 4.42 Å². The van der Waals surface area contributed by atoms with Gasteiger partial charge in [0.1, 0.15) is 5.69 Å². The van der Waals surface area contributed by atoms with E-state index >= 15 is 0 Å². The zero-order valence-corrected chi connectivity index (χ0v) is 14.2. The molecule has 98 valence electrons. The van der Waals surface area contributed by atoms with Crippen LogP contribution in [0.5, 0.6) is 0 Å². The van der Waals surface area contributed by atoms with Gasteiger partial charge in [0.05, 0.1) is 7.57 Å². The van der Waals surface area contributed by atoms with Gasteiger partial charge in [-0.1, -0.05) is 13.8 Å². The summed E-state index contributed by atoms with van der Waals surface area (Å²) >= 11 is 8.65. The fraction of sp³-hybridized carbons (Fsp3) is 0.417. The molecule has 0 radical (unpaired) electrons. The van der Waals surface area contributed by atoms with Gasteiger partial charge in [0.25, 0.3) is 0 Å². The third-order valence-electron chi connectivity index (χ3n) is 2.39. The molecule has 0 fully saturated rings. The zero-order valence-electron chi connectivity index (χ0n) is 10.2. The Bertz CT molecular complexity index is 522. The lowest BCUT2D eigenvalue weighted by Gasteiger charge is -2.06. The minimum atomic E-state index is 0.627. The fourth-order valence-electron chi connectivity index (χ4n) is 1.59. The largest absolute Gasteiger partial charge is 0.443 e. The van der Waals surface area contributed by atoms with E-state index in [0.29, 0.717) is 5.92 Å². The first kappa shape index (κ1) is 14.2. The van der Waals surface area contributed by atoms with Crippen LogP contribution in [-0.2, 0) is 6.54 Å². The molecule has 0 aliphatic rings. The van der Waals surface area contributed by atoms with E-state index in [9.17, 15) is 0 Å². The summed E-state index contributed by atoms with van der Waals surface area (Å²) in [6, 6.07) is 2.04. The average molecular weight is 394 g/mol. The first-order valence-electron chi connectivity index (χ1n) is 5.66. The number of rotatable bonds is 5. The predicted octanol–water partition coefficient (Wildman–Crippen LogP) is 4.67. The van der Waals surface area contributed by atoms with Crippen molar-refractivity contribution in [1.29, 1.82) is 0 Å². The molecule has 0 aromatic carbocycles. The minimum absolute atomic E-state index is 0.627. The fourth-order valence-corrected chi connectivity index (χ4v) is 4.38. The summed E-state index contributed by atoms with van der Waals surface area (Å²) in [5, 5.41) is 3.38. The van der Waals surface area contributed by atoms with Crippen LogP contribution in [-0.4, -0.2) is 11.5 Å². The molecule has 0 aliphatic heterocycles. The molecule has 2 rings (SSSR count). The van der Waals surface area contributed by atoms with Gasteiger partial charge in [0.2, 0.25) is 0 Å². The molecule has 1 N–H and O–H groups in total. The second-order valence-electron chi connectivity index (χ2n) is 4.39. The maximum atomic E-state index is 5.51. The highest BCUT2D eigenvalue weighted by Gasteiger charge is 2.16. The third-order valence-corrected chi connectivity index (χ3v) is 4.73. The van der Waals surface area contributed by atoms with Gasteiger partial charge in [0.15, 0.2) is 12.2 Å². The standard InChI is InChI=1S/C12H14Br2N2OS/c1-7(2)4-15-5-9-11(17-6-16-9)8-3-10(13)18-12(8)14/h3,6-7,15H,4-5H2,1-2H3. The van der Waals surface area contributed by atoms with E-state index < -0.39 is 0 Å². The number of hydrogen-bond donors (Lipinski definition) is 1. The second-order valence-corrected chi connectivity index (χ2v) is 8.14. The van der Waals surface area contributed by atoms with E-state index in [1.807, 2.05) is 6.07 Å². The monoisotopic (exact) mass is 392 g/mol. The molecule has 3 nitrogen and oxygen atoms in total. The van der Waals surface area contributed by atoms with Crippen LogP contribution in [0.4, 0.5) is 0 Å². The van der Waals surface area contributed by atoms with E-state index in [1.165, 1.54) is 6.39 Å². The van der Waals surface area contributed by atoms with Crippen molar-refractivity contribution in [3.8, 4) is 11.3 Å². The van der Waals surface area contributed by atoms with E-state index in [0.717, 1.165) is 37.7 Å². The molecule has 0 unspecified atom stereocenters. The van der Waals surface area contributed by atoms with Gasteiger partial charge in [-0.25, -0.2) is 4.98 Å². The van der Waals surface area contributed by atoms with Crippen LogP contribution in [0, 0.1) is 5.92 Å². The molecular weight excluding hydrogens is 380 g/mol. The van der Waals surface area contributed by atoms with Gasteiger partial charge in [-0.2, -0.15) is 0 Å². The highest BCUT2D eigenvalue weighted by Crippen LogP contribution is 2.39. The number of hydrogen-bond acceptors (Lipinski definition) is 4. The lowest BCUT2D eigenvalue weighted by atomic mass is 10.2. The molecule has 2 aromatic heterocycles. The number of thiophene rings is 1. The smallest absolute Gasteiger partial charge is 0.181 e. The van der Waals surface area contributed by atoms with Gasteiger partial charge >= 0.3 is 0 Å². The Balaban J connectivity index is 2.15. The van der Waals surface area contributed by atoms with Crippen LogP contribution in [0.2, 0.25) is 0 Å². The Hall–Kier alpha value is -0.170. The molecule has 6 heteroatoms. The molecule has 0 bridgehead atoms. The zero-order chi connectivity index (χ0) is 13.1. The van der Waals surface area contributed by atoms with Crippen molar-refractivity contribution in [2.24, 2.45) is 5.92 Å². The van der Waals surface area contributed by atoms with Crippen molar-refractivity contribution in [3.05, 3.63) is 25.7 Å². The Morgan fingerprint density at radius 1 is 1.44 bits per heavy atom. The molecule has 0 saturated carbocycles. The molecule has 0 saturated heterocycles. The number of aromatic nitrogens is 1. The highest BCUT2D eigenvalue weighted by atomic mass is 79.9. The van der Waals surface area contributed by atoms with Crippen molar-refractivity contribution in [2.75, 3.05) is 6.54 Å². The minimum Gasteiger partial charge on any atom is -0.443 e. The number of halogens is 2. The van der Waals surface area contributed by atoms with E-state index in [1.54, 1.807) is 11.3 Å². The van der Waals surface area contributed by atoms with Crippen LogP contribution in [0.25, 0.3) is 11.3 Å². The van der Waals surface area contributed by atoms with Crippen molar-refractivity contribution in [1.82, 2.24) is 10.3 Å². The summed E-state index contributed by atoms with van der Waals surface area (Å²) in [4.78, 5) is 4.28. The van der Waals surface area contributed by atoms with Gasteiger partial charge in [-0.15, -0.1) is 11.3 Å². The predicted molar refractivity (Wildman–Crippen MR) is 81.8 cm³/mol. The summed E-state index contributed by atoms with van der Waals surface area (Å²) in [6.45, 7) is 6.07. The summed E-state index contributed by atoms with van der Waals surface area (Å²) in [5.74, 6) is 1.46. The topological polar surface area (TPSA) is 38.1 Å². The first-order chi connectivity index (χ1) is 8.58. The summed E-state index contributed by atoms with van der Waals surface area (Å²) in [6.07, 6.45) is 1.50. The van der Waals surface area contributed by atoms with Crippen molar-refractivity contribution in [3.63, 3.8) is 0 Å². The summed E-state index contributed by atoms with van der Waals surface area (Å²) in [5.41, 5.74) is 1.99.